The molecule has 1 heterocycles. The molecule has 1 aliphatic heterocycles. The average Bonchev–Trinajstić information content (AvgIpc) is 3.18. The minimum atomic E-state index is -3.88. The molecule has 0 bridgehead atoms. The first-order chi connectivity index (χ1) is 12.9. The summed E-state index contributed by atoms with van der Waals surface area (Å²) >= 11 is 0. The van der Waals surface area contributed by atoms with Crippen LogP contribution in [0.5, 0.6) is 11.5 Å². The normalized spacial score (nSPS) is 17.7. The number of ether oxygens (including phenoxy) is 2. The van der Waals surface area contributed by atoms with Gasteiger partial charge in [-0.25, -0.2) is 8.42 Å². The van der Waals surface area contributed by atoms with E-state index in [9.17, 15) is 13.2 Å². The Kier molecular flexibility index (Phi) is 5.53. The lowest BCUT2D eigenvalue weighted by molar-refractivity contribution is 0.0918. The molecule has 1 unspecified atom stereocenters. The number of aryl methyl sites for hydroxylation is 1. The molecule has 0 saturated carbocycles. The van der Waals surface area contributed by atoms with Gasteiger partial charge in [-0.1, -0.05) is 29.8 Å². The third kappa shape index (κ3) is 3.70. The number of rotatable bonds is 6. The molecule has 3 rings (SSSR count). The number of Topliss-reactive ketones (excluding diaryl/α,β-unsaturated/α-hetero) is 1. The summed E-state index contributed by atoms with van der Waals surface area (Å²) in [5.74, 6) is 0.519. The molecule has 144 valence electrons. The number of methoxy groups -OCH3 is 2. The van der Waals surface area contributed by atoms with Gasteiger partial charge in [-0.15, -0.1) is 0 Å². The maximum atomic E-state index is 13.3. The summed E-state index contributed by atoms with van der Waals surface area (Å²) in [6.07, 6.45) is 1.14. The molecule has 0 radical (unpaired) electrons. The monoisotopic (exact) mass is 389 g/mol. The Bertz CT molecular complexity index is 937. The van der Waals surface area contributed by atoms with Crippen molar-refractivity contribution in [3.63, 3.8) is 0 Å². The molecule has 27 heavy (non-hydrogen) atoms. The van der Waals surface area contributed by atoms with E-state index >= 15 is 0 Å². The molecule has 0 spiro atoms. The maximum absolute atomic E-state index is 13.3. The van der Waals surface area contributed by atoms with Crippen LogP contribution >= 0.6 is 0 Å². The zero-order valence-electron chi connectivity index (χ0n) is 15.6. The molecule has 1 atom stereocenters. The summed E-state index contributed by atoms with van der Waals surface area (Å²) in [6, 6.07) is 11.1. The van der Waals surface area contributed by atoms with Gasteiger partial charge in [0.15, 0.2) is 5.78 Å². The van der Waals surface area contributed by atoms with Crippen LogP contribution in [0.3, 0.4) is 0 Å². The van der Waals surface area contributed by atoms with E-state index in [0.29, 0.717) is 30.7 Å². The predicted octanol–water partition coefficient (Wildman–Crippen LogP) is 3.05. The number of hydrogen-bond acceptors (Lipinski definition) is 5. The number of sulfonamides is 1. The van der Waals surface area contributed by atoms with E-state index in [-0.39, 0.29) is 16.4 Å². The van der Waals surface area contributed by atoms with Crippen LogP contribution in [0.15, 0.2) is 47.4 Å². The summed E-state index contributed by atoms with van der Waals surface area (Å²) in [6.45, 7) is 2.25. The van der Waals surface area contributed by atoms with E-state index in [1.54, 1.807) is 18.2 Å². The van der Waals surface area contributed by atoms with Crippen LogP contribution in [0.25, 0.3) is 0 Å². The van der Waals surface area contributed by atoms with Gasteiger partial charge >= 0.3 is 0 Å². The Labute approximate surface area is 159 Å². The second-order valence-electron chi connectivity index (χ2n) is 6.52. The Morgan fingerprint density at radius 3 is 2.41 bits per heavy atom. The highest BCUT2D eigenvalue weighted by atomic mass is 32.2. The molecule has 0 amide bonds. The SMILES string of the molecule is COc1ccc(S(=O)(=O)N2CCCC2C(=O)c2ccc(C)cc2)c(OC)c1. The standard InChI is InChI=1S/C20H23NO5S/c1-14-6-8-15(9-7-14)20(22)17-5-4-12-21(17)27(23,24)19-11-10-16(25-2)13-18(19)26-3/h6-11,13,17H,4-5,12H2,1-3H3. The molecule has 0 aromatic heterocycles. The molecule has 2 aromatic carbocycles. The van der Waals surface area contributed by atoms with Gasteiger partial charge in [0, 0.05) is 18.2 Å². The predicted molar refractivity (Wildman–Crippen MR) is 102 cm³/mol. The van der Waals surface area contributed by atoms with Crippen molar-refractivity contribution >= 4 is 15.8 Å². The van der Waals surface area contributed by atoms with Crippen molar-refractivity contribution < 1.29 is 22.7 Å². The van der Waals surface area contributed by atoms with Crippen molar-refractivity contribution in [2.75, 3.05) is 20.8 Å². The van der Waals surface area contributed by atoms with Crippen LogP contribution in [0, 0.1) is 6.92 Å². The summed E-state index contributed by atoms with van der Waals surface area (Å²) in [4.78, 5) is 13.0. The smallest absolute Gasteiger partial charge is 0.247 e. The Hall–Kier alpha value is -2.38. The van der Waals surface area contributed by atoms with E-state index in [4.69, 9.17) is 9.47 Å². The van der Waals surface area contributed by atoms with Gasteiger partial charge in [-0.2, -0.15) is 4.31 Å². The summed E-state index contributed by atoms with van der Waals surface area (Å²) in [5.41, 5.74) is 1.57. The van der Waals surface area contributed by atoms with Crippen LogP contribution in [0.2, 0.25) is 0 Å². The van der Waals surface area contributed by atoms with Gasteiger partial charge in [0.2, 0.25) is 10.0 Å². The van der Waals surface area contributed by atoms with Crippen molar-refractivity contribution in [1.82, 2.24) is 4.31 Å². The lowest BCUT2D eigenvalue weighted by Gasteiger charge is -2.24. The van der Waals surface area contributed by atoms with E-state index < -0.39 is 16.1 Å². The molecule has 0 N–H and O–H groups in total. The summed E-state index contributed by atoms with van der Waals surface area (Å²) < 4.78 is 38.2. The number of benzene rings is 2. The van der Waals surface area contributed by atoms with Gasteiger partial charge in [-0.3, -0.25) is 4.79 Å². The Morgan fingerprint density at radius 1 is 1.07 bits per heavy atom. The van der Waals surface area contributed by atoms with Crippen LogP contribution in [0.4, 0.5) is 0 Å². The second-order valence-corrected chi connectivity index (χ2v) is 8.38. The quantitative estimate of drug-likeness (QED) is 0.710. The molecule has 1 fully saturated rings. The van der Waals surface area contributed by atoms with Gasteiger partial charge in [-0.05, 0) is 31.9 Å². The van der Waals surface area contributed by atoms with Crippen LogP contribution in [-0.4, -0.2) is 45.3 Å². The fraction of sp³-hybridized carbons (Fsp3) is 0.350. The molecule has 1 saturated heterocycles. The first-order valence-corrected chi connectivity index (χ1v) is 10.2. The van der Waals surface area contributed by atoms with E-state index in [2.05, 4.69) is 0 Å². The number of nitrogens with zero attached hydrogens (tertiary/aromatic N) is 1. The molecule has 6 nitrogen and oxygen atoms in total. The van der Waals surface area contributed by atoms with E-state index in [0.717, 1.165) is 5.56 Å². The van der Waals surface area contributed by atoms with Gasteiger partial charge in [0.05, 0.1) is 20.3 Å². The molecular weight excluding hydrogens is 366 g/mol. The molecule has 0 aliphatic carbocycles. The van der Waals surface area contributed by atoms with Gasteiger partial charge in [0.25, 0.3) is 0 Å². The second kappa shape index (κ2) is 7.70. The van der Waals surface area contributed by atoms with Crippen molar-refractivity contribution in [3.05, 3.63) is 53.6 Å². The molecule has 7 heteroatoms. The van der Waals surface area contributed by atoms with E-state index in [1.165, 1.54) is 30.7 Å². The zero-order valence-corrected chi connectivity index (χ0v) is 16.5. The highest BCUT2D eigenvalue weighted by molar-refractivity contribution is 7.89. The molecular formula is C20H23NO5S. The highest BCUT2D eigenvalue weighted by Gasteiger charge is 2.40. The summed E-state index contributed by atoms with van der Waals surface area (Å²) in [7, 11) is -0.976. The summed E-state index contributed by atoms with van der Waals surface area (Å²) in [5, 5.41) is 0. The highest BCUT2D eigenvalue weighted by Crippen LogP contribution is 2.34. The van der Waals surface area contributed by atoms with Crippen LogP contribution in [0.1, 0.15) is 28.8 Å². The Balaban J connectivity index is 1.96. The molecule has 2 aromatic rings. The maximum Gasteiger partial charge on any atom is 0.247 e. The third-order valence-electron chi connectivity index (χ3n) is 4.80. The lowest BCUT2D eigenvalue weighted by Crippen LogP contribution is -2.40. The van der Waals surface area contributed by atoms with Crippen LogP contribution in [-0.2, 0) is 10.0 Å². The van der Waals surface area contributed by atoms with Gasteiger partial charge in [0.1, 0.15) is 16.4 Å². The van der Waals surface area contributed by atoms with Crippen LogP contribution < -0.4 is 9.47 Å². The number of hydrogen-bond donors (Lipinski definition) is 0. The van der Waals surface area contributed by atoms with Gasteiger partial charge < -0.3 is 9.47 Å². The van der Waals surface area contributed by atoms with Crippen molar-refractivity contribution in [2.24, 2.45) is 0 Å². The molecule has 1 aliphatic rings. The van der Waals surface area contributed by atoms with E-state index in [1.807, 2.05) is 19.1 Å². The van der Waals surface area contributed by atoms with Crippen molar-refractivity contribution in [2.45, 2.75) is 30.7 Å². The first-order valence-electron chi connectivity index (χ1n) is 8.73. The minimum Gasteiger partial charge on any atom is -0.497 e. The number of carbonyl (C=O) groups excluding carboxylic acids is 1. The lowest BCUT2D eigenvalue weighted by atomic mass is 10.0. The Morgan fingerprint density at radius 2 is 1.78 bits per heavy atom. The van der Waals surface area contributed by atoms with Crippen molar-refractivity contribution in [3.8, 4) is 11.5 Å². The largest absolute Gasteiger partial charge is 0.497 e. The zero-order chi connectivity index (χ0) is 19.6. The fourth-order valence-corrected chi connectivity index (χ4v) is 5.11. The average molecular weight is 389 g/mol. The fourth-order valence-electron chi connectivity index (χ4n) is 3.31. The topological polar surface area (TPSA) is 72.9 Å². The van der Waals surface area contributed by atoms with Crippen molar-refractivity contribution in [1.29, 1.82) is 0 Å². The third-order valence-corrected chi connectivity index (χ3v) is 6.75. The number of ketones is 1. The first kappa shape index (κ1) is 19.4. The number of carbonyl (C=O) groups is 1. The minimum absolute atomic E-state index is 0.0365.